The fraction of sp³-hybridized carbons (Fsp3) is 0.286. The first-order valence-corrected chi connectivity index (χ1v) is 9.23. The highest BCUT2D eigenvalue weighted by atomic mass is 19.4. The second-order valence-electron chi connectivity index (χ2n) is 6.80. The molecule has 28 heavy (non-hydrogen) atoms. The van der Waals surface area contributed by atoms with Gasteiger partial charge >= 0.3 is 6.18 Å². The summed E-state index contributed by atoms with van der Waals surface area (Å²) >= 11 is 0. The van der Waals surface area contributed by atoms with Crippen LogP contribution in [0, 0.1) is 0 Å². The summed E-state index contributed by atoms with van der Waals surface area (Å²) in [6.45, 7) is 1.76. The number of piperidine rings is 1. The molecule has 1 aliphatic rings. The third-order valence-corrected chi connectivity index (χ3v) is 4.80. The van der Waals surface area contributed by atoms with Crippen LogP contribution in [0.25, 0.3) is 22.6 Å². The summed E-state index contributed by atoms with van der Waals surface area (Å²) in [6.07, 6.45) is 2.25. The quantitative estimate of drug-likeness (QED) is 0.621. The normalized spacial score (nSPS) is 14.9. The zero-order chi connectivity index (χ0) is 19.6. The summed E-state index contributed by atoms with van der Waals surface area (Å²) in [5, 5.41) is 0. The lowest BCUT2D eigenvalue weighted by molar-refractivity contribution is -0.137. The van der Waals surface area contributed by atoms with Gasteiger partial charge in [-0.25, -0.2) is 9.97 Å². The molecule has 0 atom stereocenters. The Morgan fingerprint density at radius 3 is 2.36 bits per heavy atom. The van der Waals surface area contributed by atoms with Crippen molar-refractivity contribution >= 4 is 5.82 Å². The maximum absolute atomic E-state index is 13.1. The SMILES string of the molecule is FC(F)(F)c1cccc(-c2cc(N3CCCCC3)nc(-c3cccnc3)n2)c1. The van der Waals surface area contributed by atoms with Gasteiger partial charge in [-0.1, -0.05) is 12.1 Å². The smallest absolute Gasteiger partial charge is 0.356 e. The highest BCUT2D eigenvalue weighted by molar-refractivity contribution is 5.68. The Balaban J connectivity index is 1.82. The molecule has 144 valence electrons. The van der Waals surface area contributed by atoms with Crippen molar-refractivity contribution in [3.63, 3.8) is 0 Å². The molecule has 0 saturated carbocycles. The summed E-state index contributed by atoms with van der Waals surface area (Å²) < 4.78 is 39.4. The van der Waals surface area contributed by atoms with E-state index in [1.165, 1.54) is 12.5 Å². The van der Waals surface area contributed by atoms with Crippen LogP contribution >= 0.6 is 0 Å². The van der Waals surface area contributed by atoms with Gasteiger partial charge in [-0.15, -0.1) is 0 Å². The summed E-state index contributed by atoms with van der Waals surface area (Å²) in [6, 6.07) is 10.7. The molecule has 2 aromatic heterocycles. The highest BCUT2D eigenvalue weighted by Crippen LogP contribution is 2.33. The monoisotopic (exact) mass is 384 g/mol. The maximum atomic E-state index is 13.1. The summed E-state index contributed by atoms with van der Waals surface area (Å²) in [4.78, 5) is 15.5. The minimum Gasteiger partial charge on any atom is -0.356 e. The second-order valence-corrected chi connectivity index (χ2v) is 6.80. The molecule has 4 rings (SSSR count). The second kappa shape index (κ2) is 7.58. The van der Waals surface area contributed by atoms with Gasteiger partial charge in [-0.05, 0) is 43.5 Å². The molecule has 0 amide bonds. The number of hydrogen-bond donors (Lipinski definition) is 0. The van der Waals surface area contributed by atoms with E-state index in [2.05, 4.69) is 19.9 Å². The van der Waals surface area contributed by atoms with Gasteiger partial charge in [0.2, 0.25) is 0 Å². The summed E-state index contributed by atoms with van der Waals surface area (Å²) in [7, 11) is 0. The van der Waals surface area contributed by atoms with Crippen LogP contribution in [-0.2, 0) is 6.18 Å². The lowest BCUT2D eigenvalue weighted by atomic mass is 10.1. The van der Waals surface area contributed by atoms with Gasteiger partial charge in [0.15, 0.2) is 5.82 Å². The van der Waals surface area contributed by atoms with Crippen molar-refractivity contribution in [1.82, 2.24) is 15.0 Å². The molecule has 1 fully saturated rings. The molecular formula is C21H19F3N4. The zero-order valence-electron chi connectivity index (χ0n) is 15.2. The third-order valence-electron chi connectivity index (χ3n) is 4.80. The third kappa shape index (κ3) is 3.98. The van der Waals surface area contributed by atoms with Gasteiger partial charge in [-0.2, -0.15) is 13.2 Å². The topological polar surface area (TPSA) is 41.9 Å². The van der Waals surface area contributed by atoms with Crippen LogP contribution < -0.4 is 4.90 Å². The molecule has 1 saturated heterocycles. The number of hydrogen-bond acceptors (Lipinski definition) is 4. The first-order chi connectivity index (χ1) is 13.5. The maximum Gasteiger partial charge on any atom is 0.416 e. The van der Waals surface area contributed by atoms with E-state index in [0.717, 1.165) is 49.4 Å². The molecule has 0 aliphatic carbocycles. The van der Waals surface area contributed by atoms with Gasteiger partial charge in [-0.3, -0.25) is 4.98 Å². The average Bonchev–Trinajstić information content (AvgIpc) is 2.74. The number of nitrogens with zero attached hydrogens (tertiary/aromatic N) is 4. The van der Waals surface area contributed by atoms with Crippen molar-refractivity contribution in [2.24, 2.45) is 0 Å². The molecule has 1 aliphatic heterocycles. The Morgan fingerprint density at radius 2 is 1.64 bits per heavy atom. The Bertz CT molecular complexity index is 951. The van der Waals surface area contributed by atoms with Crippen molar-refractivity contribution in [3.8, 4) is 22.6 Å². The molecule has 0 N–H and O–H groups in total. The minimum atomic E-state index is -4.40. The number of benzene rings is 1. The fourth-order valence-electron chi connectivity index (χ4n) is 3.35. The molecule has 0 unspecified atom stereocenters. The van der Waals surface area contributed by atoms with E-state index in [1.54, 1.807) is 30.6 Å². The largest absolute Gasteiger partial charge is 0.416 e. The van der Waals surface area contributed by atoms with E-state index >= 15 is 0 Å². The van der Waals surface area contributed by atoms with Crippen molar-refractivity contribution < 1.29 is 13.2 Å². The van der Waals surface area contributed by atoms with Gasteiger partial charge < -0.3 is 4.90 Å². The van der Waals surface area contributed by atoms with E-state index in [0.29, 0.717) is 17.1 Å². The Labute approximate surface area is 161 Å². The molecule has 1 aromatic carbocycles. The van der Waals surface area contributed by atoms with E-state index in [9.17, 15) is 13.2 Å². The van der Waals surface area contributed by atoms with Crippen molar-refractivity contribution in [2.75, 3.05) is 18.0 Å². The predicted molar refractivity (Wildman–Crippen MR) is 102 cm³/mol. The van der Waals surface area contributed by atoms with E-state index in [-0.39, 0.29) is 0 Å². The highest BCUT2D eigenvalue weighted by Gasteiger charge is 2.30. The van der Waals surface area contributed by atoms with Crippen LogP contribution in [-0.4, -0.2) is 28.0 Å². The van der Waals surface area contributed by atoms with E-state index in [1.807, 2.05) is 6.07 Å². The average molecular weight is 384 g/mol. The van der Waals surface area contributed by atoms with Crippen LogP contribution in [0.1, 0.15) is 24.8 Å². The molecule has 3 aromatic rings. The number of rotatable bonds is 3. The molecule has 0 radical (unpaired) electrons. The Hall–Kier alpha value is -2.96. The lowest BCUT2D eigenvalue weighted by Gasteiger charge is -2.28. The fourth-order valence-corrected chi connectivity index (χ4v) is 3.35. The zero-order valence-corrected chi connectivity index (χ0v) is 15.2. The van der Waals surface area contributed by atoms with Crippen LogP contribution in [0.3, 0.4) is 0 Å². The van der Waals surface area contributed by atoms with Gasteiger partial charge in [0, 0.05) is 42.7 Å². The Morgan fingerprint density at radius 1 is 0.857 bits per heavy atom. The molecule has 0 spiro atoms. The molecule has 7 heteroatoms. The molecule has 4 nitrogen and oxygen atoms in total. The predicted octanol–water partition coefficient (Wildman–Crippen LogP) is 5.21. The number of aromatic nitrogens is 3. The van der Waals surface area contributed by atoms with Crippen molar-refractivity contribution in [2.45, 2.75) is 25.4 Å². The van der Waals surface area contributed by atoms with Gasteiger partial charge in [0.1, 0.15) is 5.82 Å². The first-order valence-electron chi connectivity index (χ1n) is 9.23. The van der Waals surface area contributed by atoms with E-state index < -0.39 is 11.7 Å². The minimum absolute atomic E-state index is 0.417. The van der Waals surface area contributed by atoms with Crippen molar-refractivity contribution in [3.05, 3.63) is 60.4 Å². The van der Waals surface area contributed by atoms with E-state index in [4.69, 9.17) is 0 Å². The molecule has 3 heterocycles. The number of pyridine rings is 1. The van der Waals surface area contributed by atoms with Gasteiger partial charge in [0.25, 0.3) is 0 Å². The lowest BCUT2D eigenvalue weighted by Crippen LogP contribution is -2.30. The van der Waals surface area contributed by atoms with Crippen LogP contribution in [0.2, 0.25) is 0 Å². The number of alkyl halides is 3. The summed E-state index contributed by atoms with van der Waals surface area (Å²) in [5.41, 5.74) is 0.932. The molecular weight excluding hydrogens is 365 g/mol. The van der Waals surface area contributed by atoms with Crippen molar-refractivity contribution in [1.29, 1.82) is 0 Å². The van der Waals surface area contributed by atoms with Gasteiger partial charge in [0.05, 0.1) is 11.3 Å². The number of halogens is 3. The van der Waals surface area contributed by atoms with Crippen LogP contribution in [0.4, 0.5) is 19.0 Å². The Kier molecular flexibility index (Phi) is 4.98. The van der Waals surface area contributed by atoms with Crippen LogP contribution in [0.15, 0.2) is 54.9 Å². The standard InChI is InChI=1S/C21H19F3N4/c22-21(23,24)17-8-4-6-15(12-17)18-13-19(28-10-2-1-3-11-28)27-20(26-18)16-7-5-9-25-14-16/h4-9,12-14H,1-3,10-11H2. The first kappa shape index (κ1) is 18.4. The summed E-state index contributed by atoms with van der Waals surface area (Å²) in [5.74, 6) is 1.20. The number of anilines is 1. The molecule has 0 bridgehead atoms. The van der Waals surface area contributed by atoms with Crippen LogP contribution in [0.5, 0.6) is 0 Å².